The third kappa shape index (κ3) is 2.29. The molecule has 0 bridgehead atoms. The fourth-order valence-corrected chi connectivity index (χ4v) is 2.45. The molecule has 0 saturated carbocycles. The summed E-state index contributed by atoms with van der Waals surface area (Å²) in [5.41, 5.74) is -0.947. The summed E-state index contributed by atoms with van der Waals surface area (Å²) in [7, 11) is 0. The molecule has 6 heteroatoms. The van der Waals surface area contributed by atoms with Crippen LogP contribution in [0.1, 0.15) is 27.2 Å². The van der Waals surface area contributed by atoms with Crippen LogP contribution in [-0.4, -0.2) is 53.5 Å². The lowest BCUT2D eigenvalue weighted by Gasteiger charge is -2.43. The molecule has 0 aromatic rings. The van der Waals surface area contributed by atoms with Gasteiger partial charge >= 0.3 is 12.1 Å². The third-order valence-electron chi connectivity index (χ3n) is 3.35. The Kier molecular flexibility index (Phi) is 3.01. The molecule has 0 aliphatic carbocycles. The Morgan fingerprint density at radius 3 is 2.56 bits per heavy atom. The van der Waals surface area contributed by atoms with Gasteiger partial charge in [0.25, 0.3) is 0 Å². The number of hydrogen-bond acceptors (Lipinski definition) is 4. The average molecular weight is 257 g/mol. The van der Waals surface area contributed by atoms with Crippen molar-refractivity contribution >= 4 is 12.1 Å². The molecule has 1 N–H and O–H groups in total. The summed E-state index contributed by atoms with van der Waals surface area (Å²) >= 11 is 0. The van der Waals surface area contributed by atoms with Gasteiger partial charge < -0.3 is 19.5 Å². The standard InChI is InChI=1S/C12H19NO5/c1-11(2,3)18-10(16)13-5-4-12(6-13)7-17-8(12)9(14)15/h8H,4-7H2,1-3H3,(H,14,15). The summed E-state index contributed by atoms with van der Waals surface area (Å²) in [6.45, 7) is 6.76. The number of carboxylic acid groups (broad SMARTS) is 1. The number of rotatable bonds is 1. The van der Waals surface area contributed by atoms with Crippen molar-refractivity contribution in [1.29, 1.82) is 0 Å². The summed E-state index contributed by atoms with van der Waals surface area (Å²) in [5, 5.41) is 9.01. The second-order valence-electron chi connectivity index (χ2n) is 6.04. The number of amides is 1. The highest BCUT2D eigenvalue weighted by atomic mass is 16.6. The molecular weight excluding hydrogens is 238 g/mol. The van der Waals surface area contributed by atoms with Crippen molar-refractivity contribution in [3.63, 3.8) is 0 Å². The number of carbonyl (C=O) groups is 2. The van der Waals surface area contributed by atoms with Gasteiger partial charge in [-0.15, -0.1) is 0 Å². The van der Waals surface area contributed by atoms with Crippen LogP contribution in [0, 0.1) is 5.41 Å². The summed E-state index contributed by atoms with van der Waals surface area (Å²) in [4.78, 5) is 24.4. The van der Waals surface area contributed by atoms with Crippen LogP contribution >= 0.6 is 0 Å². The minimum atomic E-state index is -0.952. The van der Waals surface area contributed by atoms with E-state index >= 15 is 0 Å². The first kappa shape index (κ1) is 13.1. The molecule has 0 radical (unpaired) electrons. The zero-order chi connectivity index (χ0) is 13.6. The number of carboxylic acids is 1. The smallest absolute Gasteiger partial charge is 0.410 e. The van der Waals surface area contributed by atoms with E-state index in [0.29, 0.717) is 26.1 Å². The van der Waals surface area contributed by atoms with Gasteiger partial charge in [-0.1, -0.05) is 0 Å². The molecule has 2 saturated heterocycles. The Morgan fingerprint density at radius 2 is 2.11 bits per heavy atom. The minimum absolute atomic E-state index is 0.379. The van der Waals surface area contributed by atoms with Crippen molar-refractivity contribution in [3.8, 4) is 0 Å². The summed E-state index contributed by atoms with van der Waals surface area (Å²) in [6, 6.07) is 0. The molecule has 2 aliphatic rings. The Morgan fingerprint density at radius 1 is 1.44 bits per heavy atom. The molecule has 102 valence electrons. The maximum atomic E-state index is 11.9. The van der Waals surface area contributed by atoms with Crippen LogP contribution in [0.15, 0.2) is 0 Å². The van der Waals surface area contributed by atoms with E-state index in [9.17, 15) is 9.59 Å². The molecule has 0 aromatic carbocycles. The van der Waals surface area contributed by atoms with Gasteiger partial charge in [0, 0.05) is 13.1 Å². The van der Waals surface area contributed by atoms with Crippen molar-refractivity contribution in [3.05, 3.63) is 0 Å². The Labute approximate surface area is 106 Å². The highest BCUT2D eigenvalue weighted by molar-refractivity contribution is 5.75. The molecule has 2 aliphatic heterocycles. The lowest BCUT2D eigenvalue weighted by molar-refractivity contribution is -0.204. The van der Waals surface area contributed by atoms with Gasteiger partial charge in [-0.2, -0.15) is 0 Å². The minimum Gasteiger partial charge on any atom is -0.479 e. The molecule has 2 rings (SSSR count). The lowest BCUT2D eigenvalue weighted by Crippen LogP contribution is -2.57. The first-order chi connectivity index (χ1) is 8.23. The quantitative estimate of drug-likeness (QED) is 0.761. The zero-order valence-electron chi connectivity index (χ0n) is 10.9. The van der Waals surface area contributed by atoms with Crippen molar-refractivity contribution in [1.82, 2.24) is 4.90 Å². The largest absolute Gasteiger partial charge is 0.479 e. The number of carbonyl (C=O) groups excluding carboxylic acids is 1. The number of nitrogens with zero attached hydrogens (tertiary/aromatic N) is 1. The first-order valence-electron chi connectivity index (χ1n) is 6.06. The Balaban J connectivity index is 1.97. The van der Waals surface area contributed by atoms with Crippen molar-refractivity contribution in [2.24, 2.45) is 5.41 Å². The Bertz CT molecular complexity index is 375. The molecular formula is C12H19NO5. The average Bonchev–Trinajstić information content (AvgIpc) is 2.58. The monoisotopic (exact) mass is 257 g/mol. The maximum absolute atomic E-state index is 11.9. The van der Waals surface area contributed by atoms with Gasteiger partial charge in [0.15, 0.2) is 6.10 Å². The predicted molar refractivity (Wildman–Crippen MR) is 62.2 cm³/mol. The first-order valence-corrected chi connectivity index (χ1v) is 6.06. The van der Waals surface area contributed by atoms with E-state index < -0.39 is 23.1 Å². The van der Waals surface area contributed by atoms with Gasteiger partial charge in [-0.3, -0.25) is 0 Å². The predicted octanol–water partition coefficient (Wildman–Crippen LogP) is 1.10. The number of hydrogen-bond donors (Lipinski definition) is 1. The van der Waals surface area contributed by atoms with E-state index in [2.05, 4.69) is 0 Å². The molecule has 0 aromatic heterocycles. The summed E-state index contributed by atoms with van der Waals surface area (Å²) < 4.78 is 10.4. The number of likely N-dealkylation sites (tertiary alicyclic amines) is 1. The second kappa shape index (κ2) is 4.12. The van der Waals surface area contributed by atoms with Crippen LogP contribution < -0.4 is 0 Å². The SMILES string of the molecule is CC(C)(C)OC(=O)N1CCC2(COC2C(=O)O)C1. The number of aliphatic carboxylic acids is 1. The molecule has 6 nitrogen and oxygen atoms in total. The van der Waals surface area contributed by atoms with Crippen LogP contribution in [0.4, 0.5) is 4.79 Å². The zero-order valence-corrected chi connectivity index (χ0v) is 10.9. The fourth-order valence-electron chi connectivity index (χ4n) is 2.45. The van der Waals surface area contributed by atoms with Gasteiger partial charge in [0.1, 0.15) is 5.60 Å². The normalized spacial score (nSPS) is 31.3. The second-order valence-corrected chi connectivity index (χ2v) is 6.04. The van der Waals surface area contributed by atoms with E-state index in [1.54, 1.807) is 4.90 Å². The Hall–Kier alpha value is -1.30. The van der Waals surface area contributed by atoms with E-state index in [1.807, 2.05) is 20.8 Å². The molecule has 1 spiro atoms. The molecule has 1 amide bonds. The van der Waals surface area contributed by atoms with E-state index in [4.69, 9.17) is 14.6 Å². The van der Waals surface area contributed by atoms with Crippen molar-refractivity contribution in [2.75, 3.05) is 19.7 Å². The van der Waals surface area contributed by atoms with Gasteiger partial charge in [0.2, 0.25) is 0 Å². The van der Waals surface area contributed by atoms with Crippen LogP contribution in [0.2, 0.25) is 0 Å². The third-order valence-corrected chi connectivity index (χ3v) is 3.35. The summed E-state index contributed by atoms with van der Waals surface area (Å²) in [6.07, 6.45) is -0.510. The lowest BCUT2D eigenvalue weighted by atomic mass is 9.77. The molecule has 2 heterocycles. The van der Waals surface area contributed by atoms with E-state index in [-0.39, 0.29) is 6.09 Å². The van der Waals surface area contributed by atoms with Crippen LogP contribution in [-0.2, 0) is 14.3 Å². The van der Waals surface area contributed by atoms with Crippen LogP contribution in [0.3, 0.4) is 0 Å². The molecule has 18 heavy (non-hydrogen) atoms. The van der Waals surface area contributed by atoms with E-state index in [0.717, 1.165) is 0 Å². The summed E-state index contributed by atoms with van der Waals surface area (Å²) in [5.74, 6) is -0.952. The maximum Gasteiger partial charge on any atom is 0.410 e. The van der Waals surface area contributed by atoms with Crippen molar-refractivity contribution in [2.45, 2.75) is 38.9 Å². The molecule has 2 unspecified atom stereocenters. The molecule has 2 atom stereocenters. The van der Waals surface area contributed by atoms with Crippen LogP contribution in [0.25, 0.3) is 0 Å². The van der Waals surface area contributed by atoms with Gasteiger partial charge in [-0.25, -0.2) is 9.59 Å². The topological polar surface area (TPSA) is 76.1 Å². The van der Waals surface area contributed by atoms with Gasteiger partial charge in [-0.05, 0) is 27.2 Å². The van der Waals surface area contributed by atoms with Crippen molar-refractivity contribution < 1.29 is 24.2 Å². The fraction of sp³-hybridized carbons (Fsp3) is 0.833. The van der Waals surface area contributed by atoms with Crippen LogP contribution in [0.5, 0.6) is 0 Å². The number of ether oxygens (including phenoxy) is 2. The highest BCUT2D eigenvalue weighted by Gasteiger charge is 2.57. The molecule has 2 fully saturated rings. The van der Waals surface area contributed by atoms with E-state index in [1.165, 1.54) is 0 Å². The highest BCUT2D eigenvalue weighted by Crippen LogP contribution is 2.43. The van der Waals surface area contributed by atoms with Gasteiger partial charge in [0.05, 0.1) is 12.0 Å².